The van der Waals surface area contributed by atoms with E-state index in [2.05, 4.69) is 15.3 Å². The number of nitrogens with zero attached hydrogens (tertiary/aromatic N) is 3. The smallest absolute Gasteiger partial charge is 0.251 e. The SMILES string of the molecule is CNC(=O)c1cccc(N2Cc3cn(Cc4ccc(F)cc4)nc3C2)c1. The van der Waals surface area contributed by atoms with Crippen LogP contribution in [0, 0.1) is 5.82 Å². The minimum atomic E-state index is -0.230. The van der Waals surface area contributed by atoms with Crippen LogP contribution in [0.4, 0.5) is 10.1 Å². The first-order valence-electron chi connectivity index (χ1n) is 8.49. The van der Waals surface area contributed by atoms with Gasteiger partial charge in [-0.05, 0) is 35.9 Å². The van der Waals surface area contributed by atoms with E-state index in [4.69, 9.17) is 0 Å². The van der Waals surface area contributed by atoms with Crippen LogP contribution in [-0.2, 0) is 19.6 Å². The molecule has 0 saturated carbocycles. The van der Waals surface area contributed by atoms with E-state index in [1.807, 2.05) is 29.1 Å². The van der Waals surface area contributed by atoms with Gasteiger partial charge in [0.2, 0.25) is 0 Å². The van der Waals surface area contributed by atoms with Gasteiger partial charge in [-0.25, -0.2) is 4.39 Å². The highest BCUT2D eigenvalue weighted by Gasteiger charge is 2.23. The van der Waals surface area contributed by atoms with Gasteiger partial charge in [0.1, 0.15) is 5.82 Å². The molecule has 4 rings (SSSR count). The van der Waals surface area contributed by atoms with Gasteiger partial charge in [0, 0.05) is 36.6 Å². The maximum atomic E-state index is 13.0. The van der Waals surface area contributed by atoms with Gasteiger partial charge in [0.15, 0.2) is 0 Å². The lowest BCUT2D eigenvalue weighted by Gasteiger charge is -2.18. The van der Waals surface area contributed by atoms with E-state index in [9.17, 15) is 9.18 Å². The number of nitrogens with one attached hydrogen (secondary N) is 1. The summed E-state index contributed by atoms with van der Waals surface area (Å²) in [5, 5.41) is 7.31. The quantitative estimate of drug-likeness (QED) is 0.787. The highest BCUT2D eigenvalue weighted by Crippen LogP contribution is 2.28. The molecule has 1 aliphatic heterocycles. The van der Waals surface area contributed by atoms with Crippen LogP contribution in [0.1, 0.15) is 27.2 Å². The number of benzene rings is 2. The molecule has 5 nitrogen and oxygen atoms in total. The van der Waals surface area contributed by atoms with Crippen molar-refractivity contribution in [2.45, 2.75) is 19.6 Å². The molecule has 6 heteroatoms. The predicted molar refractivity (Wildman–Crippen MR) is 97.4 cm³/mol. The van der Waals surface area contributed by atoms with Gasteiger partial charge in [-0.3, -0.25) is 9.48 Å². The van der Waals surface area contributed by atoms with Crippen molar-refractivity contribution in [2.24, 2.45) is 0 Å². The second-order valence-corrected chi connectivity index (χ2v) is 6.41. The Morgan fingerprint density at radius 1 is 1.19 bits per heavy atom. The molecule has 0 aliphatic carbocycles. The third kappa shape index (κ3) is 3.18. The summed E-state index contributed by atoms with van der Waals surface area (Å²) in [5.41, 5.74) is 4.89. The van der Waals surface area contributed by atoms with Crippen LogP contribution in [0.2, 0.25) is 0 Å². The minimum Gasteiger partial charge on any atom is -0.361 e. The van der Waals surface area contributed by atoms with Crippen molar-refractivity contribution in [2.75, 3.05) is 11.9 Å². The molecule has 0 spiro atoms. The normalized spacial score (nSPS) is 12.9. The van der Waals surface area contributed by atoms with Crippen LogP contribution >= 0.6 is 0 Å². The van der Waals surface area contributed by atoms with Crippen molar-refractivity contribution in [3.8, 4) is 0 Å². The highest BCUT2D eigenvalue weighted by molar-refractivity contribution is 5.94. The molecule has 0 unspecified atom stereocenters. The molecule has 26 heavy (non-hydrogen) atoms. The average Bonchev–Trinajstić information content (AvgIpc) is 3.21. The van der Waals surface area contributed by atoms with Crippen LogP contribution in [0.15, 0.2) is 54.7 Å². The van der Waals surface area contributed by atoms with Crippen LogP contribution < -0.4 is 10.2 Å². The average molecular weight is 350 g/mol. The molecule has 3 aromatic rings. The summed E-state index contributed by atoms with van der Waals surface area (Å²) in [6.45, 7) is 2.10. The van der Waals surface area contributed by atoms with Gasteiger partial charge in [0.05, 0.1) is 18.8 Å². The summed E-state index contributed by atoms with van der Waals surface area (Å²) in [4.78, 5) is 14.0. The van der Waals surface area contributed by atoms with E-state index in [1.54, 1.807) is 25.2 Å². The van der Waals surface area contributed by atoms with Gasteiger partial charge in [-0.1, -0.05) is 18.2 Å². The molecular formula is C20H19FN4O. The van der Waals surface area contributed by atoms with Crippen molar-refractivity contribution >= 4 is 11.6 Å². The summed E-state index contributed by atoms with van der Waals surface area (Å²) in [6.07, 6.45) is 2.04. The Hall–Kier alpha value is -3.15. The summed E-state index contributed by atoms with van der Waals surface area (Å²) in [5.74, 6) is -0.320. The van der Waals surface area contributed by atoms with Crippen LogP contribution in [0.5, 0.6) is 0 Å². The number of fused-ring (bicyclic) bond motifs is 1. The zero-order valence-electron chi connectivity index (χ0n) is 14.4. The van der Waals surface area contributed by atoms with Gasteiger partial charge >= 0.3 is 0 Å². The molecular weight excluding hydrogens is 331 g/mol. The van der Waals surface area contributed by atoms with Gasteiger partial charge in [0.25, 0.3) is 5.91 Å². The fourth-order valence-corrected chi connectivity index (χ4v) is 3.24. The maximum absolute atomic E-state index is 13.0. The Kier molecular flexibility index (Phi) is 4.16. The lowest BCUT2D eigenvalue weighted by Crippen LogP contribution is -2.20. The number of aromatic nitrogens is 2. The second-order valence-electron chi connectivity index (χ2n) is 6.41. The summed E-state index contributed by atoms with van der Waals surface area (Å²) in [6, 6.07) is 14.1. The Morgan fingerprint density at radius 2 is 2.00 bits per heavy atom. The standard InChI is InChI=1S/C20H19FN4O/c1-22-20(26)15-3-2-4-18(9-15)24-11-16-12-25(23-19(16)13-24)10-14-5-7-17(21)8-6-14/h2-9,12H,10-11,13H2,1H3,(H,22,26). The Bertz CT molecular complexity index is 925. The van der Waals surface area contributed by atoms with Gasteiger partial charge < -0.3 is 10.2 Å². The molecule has 0 bridgehead atoms. The number of hydrogen-bond donors (Lipinski definition) is 1. The second kappa shape index (κ2) is 6.63. The third-order valence-corrected chi connectivity index (χ3v) is 4.58. The van der Waals surface area contributed by atoms with E-state index in [-0.39, 0.29) is 11.7 Å². The molecule has 0 atom stereocenters. The number of anilines is 1. The van der Waals surface area contributed by atoms with Crippen molar-refractivity contribution in [1.82, 2.24) is 15.1 Å². The zero-order valence-corrected chi connectivity index (χ0v) is 14.4. The number of carbonyl (C=O) groups excluding carboxylic acids is 1. The molecule has 2 heterocycles. The number of carbonyl (C=O) groups is 1. The van der Waals surface area contributed by atoms with E-state index in [1.165, 1.54) is 17.7 Å². The summed E-state index contributed by atoms with van der Waals surface area (Å²) in [7, 11) is 1.63. The molecule has 1 N–H and O–H groups in total. The molecule has 1 aromatic heterocycles. The number of amides is 1. The van der Waals surface area contributed by atoms with Crippen molar-refractivity contribution < 1.29 is 9.18 Å². The molecule has 132 valence electrons. The zero-order chi connectivity index (χ0) is 18.1. The van der Waals surface area contributed by atoms with Gasteiger partial charge in [-0.2, -0.15) is 5.10 Å². The monoisotopic (exact) mass is 350 g/mol. The fraction of sp³-hybridized carbons (Fsp3) is 0.200. The van der Waals surface area contributed by atoms with E-state index >= 15 is 0 Å². The molecule has 1 amide bonds. The maximum Gasteiger partial charge on any atom is 0.251 e. The van der Waals surface area contributed by atoms with Crippen molar-refractivity contribution in [1.29, 1.82) is 0 Å². The molecule has 0 fully saturated rings. The Morgan fingerprint density at radius 3 is 2.73 bits per heavy atom. The van der Waals surface area contributed by atoms with Crippen LogP contribution in [0.25, 0.3) is 0 Å². The third-order valence-electron chi connectivity index (χ3n) is 4.58. The number of halogens is 1. The van der Waals surface area contributed by atoms with E-state index in [0.717, 1.165) is 23.5 Å². The van der Waals surface area contributed by atoms with E-state index < -0.39 is 0 Å². The molecule has 2 aromatic carbocycles. The Balaban J connectivity index is 1.48. The predicted octanol–water partition coefficient (Wildman–Crippen LogP) is 2.95. The van der Waals surface area contributed by atoms with Gasteiger partial charge in [-0.15, -0.1) is 0 Å². The largest absolute Gasteiger partial charge is 0.361 e. The number of hydrogen-bond acceptors (Lipinski definition) is 3. The number of rotatable bonds is 4. The minimum absolute atomic E-state index is 0.0896. The fourth-order valence-electron chi connectivity index (χ4n) is 3.24. The highest BCUT2D eigenvalue weighted by atomic mass is 19.1. The molecule has 0 saturated heterocycles. The van der Waals surface area contributed by atoms with Crippen molar-refractivity contribution in [3.63, 3.8) is 0 Å². The lowest BCUT2D eigenvalue weighted by molar-refractivity contribution is 0.0963. The van der Waals surface area contributed by atoms with Crippen LogP contribution in [0.3, 0.4) is 0 Å². The summed E-state index contributed by atoms with van der Waals surface area (Å²) >= 11 is 0. The molecule has 1 aliphatic rings. The first-order valence-corrected chi connectivity index (χ1v) is 8.49. The molecule has 0 radical (unpaired) electrons. The van der Waals surface area contributed by atoms with Crippen LogP contribution in [-0.4, -0.2) is 22.7 Å². The lowest BCUT2D eigenvalue weighted by atomic mass is 10.2. The first-order chi connectivity index (χ1) is 12.6. The topological polar surface area (TPSA) is 50.2 Å². The summed E-state index contributed by atoms with van der Waals surface area (Å²) < 4.78 is 14.9. The van der Waals surface area contributed by atoms with Crippen molar-refractivity contribution in [3.05, 3.63) is 82.9 Å². The van der Waals surface area contributed by atoms with E-state index in [0.29, 0.717) is 18.7 Å². The first kappa shape index (κ1) is 16.3. The Labute approximate surface area is 151 Å².